The number of hydrogen-bond donors (Lipinski definition) is 1. The Labute approximate surface area is 230 Å². The zero-order valence-corrected chi connectivity index (χ0v) is 23.2. The molecule has 6 rings (SSSR count). The van der Waals surface area contributed by atoms with Crippen LogP contribution in [0, 0.1) is 17.8 Å². The Morgan fingerprint density at radius 2 is 1.68 bits per heavy atom. The number of thiazole rings is 1. The molecule has 38 heavy (non-hydrogen) atoms. The molecule has 202 valence electrons. The van der Waals surface area contributed by atoms with Crippen molar-refractivity contribution in [2.45, 2.75) is 63.3 Å². The highest BCUT2D eigenvalue weighted by Gasteiger charge is 2.43. The molecule has 2 saturated heterocycles. The van der Waals surface area contributed by atoms with E-state index in [4.69, 9.17) is 4.98 Å². The van der Waals surface area contributed by atoms with Gasteiger partial charge in [0.25, 0.3) is 0 Å². The second kappa shape index (κ2) is 11.8. The second-order valence-electron chi connectivity index (χ2n) is 11.9. The fraction of sp³-hybridized carbons (Fsp3) is 0.562. The van der Waals surface area contributed by atoms with E-state index < -0.39 is 5.97 Å². The van der Waals surface area contributed by atoms with Crippen LogP contribution in [0.5, 0.6) is 0 Å². The van der Waals surface area contributed by atoms with E-state index in [-0.39, 0.29) is 6.04 Å². The smallest absolute Gasteiger partial charge is 0.321 e. The van der Waals surface area contributed by atoms with Crippen molar-refractivity contribution < 1.29 is 9.90 Å². The third-order valence-corrected chi connectivity index (χ3v) is 10.5. The van der Waals surface area contributed by atoms with Crippen LogP contribution in [0.4, 0.5) is 0 Å². The first-order chi connectivity index (χ1) is 18.6. The molecule has 1 aliphatic carbocycles. The molecule has 3 heterocycles. The normalized spacial score (nSPS) is 25.2. The number of para-hydroxylation sites is 1. The largest absolute Gasteiger partial charge is 0.480 e. The van der Waals surface area contributed by atoms with Gasteiger partial charge in [-0.1, -0.05) is 61.7 Å². The molecule has 5 nitrogen and oxygen atoms in total. The molecule has 1 aromatic heterocycles. The van der Waals surface area contributed by atoms with Gasteiger partial charge >= 0.3 is 5.97 Å². The number of carboxylic acids is 1. The number of rotatable bonds is 8. The molecule has 3 aliphatic rings. The maximum atomic E-state index is 12.5. The average molecular weight is 532 g/mol. The Kier molecular flexibility index (Phi) is 8.10. The quantitative estimate of drug-likeness (QED) is 0.370. The summed E-state index contributed by atoms with van der Waals surface area (Å²) in [5.41, 5.74) is 2.51. The summed E-state index contributed by atoms with van der Waals surface area (Å²) in [4.78, 5) is 22.4. The van der Waals surface area contributed by atoms with Crippen molar-refractivity contribution in [2.75, 3.05) is 32.7 Å². The highest BCUT2D eigenvalue weighted by molar-refractivity contribution is 7.18. The van der Waals surface area contributed by atoms with E-state index in [0.29, 0.717) is 23.7 Å². The van der Waals surface area contributed by atoms with Crippen LogP contribution in [0.15, 0.2) is 54.6 Å². The fourth-order valence-electron chi connectivity index (χ4n) is 7.46. The molecule has 3 atom stereocenters. The molecule has 0 amide bonds. The van der Waals surface area contributed by atoms with Crippen LogP contribution in [0.3, 0.4) is 0 Å². The number of fused-ring (bicyclic) bond motifs is 1. The molecule has 0 unspecified atom stereocenters. The van der Waals surface area contributed by atoms with E-state index in [1.807, 2.05) is 11.3 Å². The van der Waals surface area contributed by atoms with Gasteiger partial charge in [0.15, 0.2) is 0 Å². The van der Waals surface area contributed by atoms with Gasteiger partial charge < -0.3 is 10.0 Å². The van der Waals surface area contributed by atoms with Crippen molar-refractivity contribution >= 4 is 27.5 Å². The van der Waals surface area contributed by atoms with E-state index in [2.05, 4.69) is 64.4 Å². The van der Waals surface area contributed by atoms with Crippen molar-refractivity contribution in [3.8, 4) is 0 Å². The lowest BCUT2D eigenvalue weighted by Gasteiger charge is -2.35. The van der Waals surface area contributed by atoms with Crippen molar-refractivity contribution in [3.05, 3.63) is 65.2 Å². The van der Waals surface area contributed by atoms with Crippen LogP contribution in [-0.4, -0.2) is 64.6 Å². The van der Waals surface area contributed by atoms with Gasteiger partial charge in [0.05, 0.1) is 15.2 Å². The number of nitrogens with zero attached hydrogens (tertiary/aromatic N) is 3. The molecule has 2 aromatic carbocycles. The van der Waals surface area contributed by atoms with Gasteiger partial charge in [-0.25, -0.2) is 4.98 Å². The SMILES string of the molecule is O=C(O)[C@@H](C1CCCCC1)N1C[C@H](CN2CCC(Cc3nc4ccccc4s3)CC2)[C@@H](c2ccccc2)C1. The van der Waals surface area contributed by atoms with Gasteiger partial charge in [0.1, 0.15) is 6.04 Å². The Balaban J connectivity index is 1.10. The van der Waals surface area contributed by atoms with Gasteiger partial charge in [-0.2, -0.15) is 0 Å². The van der Waals surface area contributed by atoms with Gasteiger partial charge in [-0.3, -0.25) is 9.69 Å². The van der Waals surface area contributed by atoms with E-state index in [9.17, 15) is 9.90 Å². The number of piperidine rings is 1. The third kappa shape index (κ3) is 5.83. The number of likely N-dealkylation sites (tertiary alicyclic amines) is 2. The van der Waals surface area contributed by atoms with Crippen LogP contribution >= 0.6 is 11.3 Å². The van der Waals surface area contributed by atoms with Crippen molar-refractivity contribution in [1.29, 1.82) is 0 Å². The summed E-state index contributed by atoms with van der Waals surface area (Å²) in [6.07, 6.45) is 9.29. The molecular weight excluding hydrogens is 490 g/mol. The molecule has 0 bridgehead atoms. The minimum Gasteiger partial charge on any atom is -0.480 e. The lowest BCUT2D eigenvalue weighted by atomic mass is 9.83. The van der Waals surface area contributed by atoms with Gasteiger partial charge in [0, 0.05) is 32.0 Å². The average Bonchev–Trinajstić information content (AvgIpc) is 3.54. The summed E-state index contributed by atoms with van der Waals surface area (Å²) in [5, 5.41) is 11.6. The van der Waals surface area contributed by atoms with Crippen LogP contribution in [-0.2, 0) is 11.2 Å². The Bertz CT molecular complexity index is 1170. The first-order valence-electron chi connectivity index (χ1n) is 14.7. The lowest BCUT2D eigenvalue weighted by Crippen LogP contribution is -2.46. The molecule has 1 saturated carbocycles. The number of carboxylic acid groups (broad SMARTS) is 1. The molecule has 2 aliphatic heterocycles. The molecule has 3 aromatic rings. The Morgan fingerprint density at radius 1 is 0.947 bits per heavy atom. The fourth-order valence-corrected chi connectivity index (χ4v) is 8.54. The summed E-state index contributed by atoms with van der Waals surface area (Å²) in [7, 11) is 0. The number of carbonyl (C=O) groups is 1. The molecule has 6 heteroatoms. The van der Waals surface area contributed by atoms with E-state index in [1.165, 1.54) is 47.4 Å². The molecule has 0 radical (unpaired) electrons. The van der Waals surface area contributed by atoms with Gasteiger partial charge in [0.2, 0.25) is 0 Å². The zero-order chi connectivity index (χ0) is 25.9. The number of hydrogen-bond acceptors (Lipinski definition) is 5. The summed E-state index contributed by atoms with van der Waals surface area (Å²) in [6.45, 7) is 5.12. The topological polar surface area (TPSA) is 56.7 Å². The van der Waals surface area contributed by atoms with Gasteiger partial charge in [-0.15, -0.1) is 11.3 Å². The third-order valence-electron chi connectivity index (χ3n) is 9.44. The predicted octanol–water partition coefficient (Wildman–Crippen LogP) is 6.30. The first kappa shape index (κ1) is 26.0. The summed E-state index contributed by atoms with van der Waals surface area (Å²) >= 11 is 1.85. The van der Waals surface area contributed by atoms with Crippen molar-refractivity contribution in [2.24, 2.45) is 17.8 Å². The molecule has 3 fully saturated rings. The Morgan fingerprint density at radius 3 is 2.42 bits per heavy atom. The molecule has 0 spiro atoms. The Hall–Kier alpha value is -2.28. The summed E-state index contributed by atoms with van der Waals surface area (Å²) in [6, 6.07) is 19.0. The maximum absolute atomic E-state index is 12.5. The van der Waals surface area contributed by atoms with Crippen LogP contribution in [0.2, 0.25) is 0 Å². The highest BCUT2D eigenvalue weighted by atomic mass is 32.1. The molecular formula is C32H41N3O2S. The minimum atomic E-state index is -0.611. The standard InChI is InChI=1S/C32H41N3O2S/c36-32(37)31(25-11-5-2-6-12-25)35-21-26(27(22-35)24-9-3-1-4-10-24)20-34-17-15-23(16-18-34)19-30-33-28-13-7-8-14-29(28)38-30/h1,3-4,7-10,13-14,23,25-27,31H,2,5-6,11-12,15-22H2,(H,36,37)/t26-,27+,31+/m0/s1. The number of aliphatic carboxylic acids is 1. The summed E-state index contributed by atoms with van der Waals surface area (Å²) < 4.78 is 1.30. The van der Waals surface area contributed by atoms with Crippen molar-refractivity contribution in [1.82, 2.24) is 14.8 Å². The first-order valence-corrected chi connectivity index (χ1v) is 15.5. The predicted molar refractivity (Wildman–Crippen MR) is 155 cm³/mol. The highest BCUT2D eigenvalue weighted by Crippen LogP contribution is 2.39. The van der Waals surface area contributed by atoms with Crippen LogP contribution in [0.25, 0.3) is 10.2 Å². The lowest BCUT2D eigenvalue weighted by molar-refractivity contribution is -0.145. The minimum absolute atomic E-state index is 0.301. The van der Waals surface area contributed by atoms with Crippen LogP contribution in [0.1, 0.15) is 61.4 Å². The van der Waals surface area contributed by atoms with E-state index >= 15 is 0 Å². The number of benzene rings is 2. The van der Waals surface area contributed by atoms with E-state index in [0.717, 1.165) is 57.5 Å². The number of aromatic nitrogens is 1. The maximum Gasteiger partial charge on any atom is 0.321 e. The van der Waals surface area contributed by atoms with Gasteiger partial charge in [-0.05, 0) is 74.2 Å². The monoisotopic (exact) mass is 531 g/mol. The summed E-state index contributed by atoms with van der Waals surface area (Å²) in [5.74, 6) is 1.28. The second-order valence-corrected chi connectivity index (χ2v) is 13.1. The van der Waals surface area contributed by atoms with Crippen molar-refractivity contribution in [3.63, 3.8) is 0 Å². The van der Waals surface area contributed by atoms with E-state index in [1.54, 1.807) is 0 Å². The zero-order valence-electron chi connectivity index (χ0n) is 22.4. The molecule has 1 N–H and O–H groups in total. The van der Waals surface area contributed by atoms with Crippen LogP contribution < -0.4 is 0 Å².